The third kappa shape index (κ3) is 6.27. The van der Waals surface area contributed by atoms with Crippen molar-refractivity contribution in [3.05, 3.63) is 94.2 Å². The first-order valence-electron chi connectivity index (χ1n) is 9.98. The Hall–Kier alpha value is -2.96. The molecule has 0 bridgehead atoms. The minimum absolute atomic E-state index is 0.00375. The summed E-state index contributed by atoms with van der Waals surface area (Å²) >= 11 is 1.34. The first kappa shape index (κ1) is 21.7. The van der Waals surface area contributed by atoms with Crippen LogP contribution in [-0.4, -0.2) is 25.0 Å². The van der Waals surface area contributed by atoms with Crippen molar-refractivity contribution in [2.75, 3.05) is 13.2 Å². The lowest BCUT2D eigenvalue weighted by molar-refractivity contribution is -0.123. The zero-order chi connectivity index (χ0) is 21.2. The van der Waals surface area contributed by atoms with E-state index in [1.165, 1.54) is 11.3 Å². The summed E-state index contributed by atoms with van der Waals surface area (Å²) in [4.78, 5) is 25.9. The van der Waals surface area contributed by atoms with E-state index >= 15 is 0 Å². The highest BCUT2D eigenvalue weighted by Gasteiger charge is 2.23. The molecule has 2 N–H and O–H groups in total. The summed E-state index contributed by atoms with van der Waals surface area (Å²) in [5.41, 5.74) is 1.87. The molecule has 156 valence electrons. The van der Waals surface area contributed by atoms with Gasteiger partial charge in [0, 0.05) is 13.2 Å². The van der Waals surface area contributed by atoms with Crippen LogP contribution in [0.25, 0.3) is 0 Å². The number of carbonyl (C=O) groups is 2. The van der Waals surface area contributed by atoms with Gasteiger partial charge < -0.3 is 15.4 Å². The second-order valence-corrected chi connectivity index (χ2v) is 7.81. The average Bonchev–Trinajstić information content (AvgIpc) is 3.33. The van der Waals surface area contributed by atoms with Gasteiger partial charge in [0.1, 0.15) is 6.04 Å². The highest BCUT2D eigenvalue weighted by atomic mass is 32.1. The lowest BCUT2D eigenvalue weighted by atomic mass is 10.1. The zero-order valence-electron chi connectivity index (χ0n) is 16.9. The largest absolute Gasteiger partial charge is 0.374 e. The predicted octanol–water partition coefficient (Wildman–Crippen LogP) is 4.50. The maximum absolute atomic E-state index is 12.8. The highest BCUT2D eigenvalue weighted by molar-refractivity contribution is 7.12. The summed E-state index contributed by atoms with van der Waals surface area (Å²) in [6, 6.07) is 22.1. The van der Waals surface area contributed by atoms with Crippen LogP contribution in [0.4, 0.5) is 0 Å². The predicted molar refractivity (Wildman–Crippen MR) is 119 cm³/mol. The molecule has 1 aromatic heterocycles. The third-order valence-electron chi connectivity index (χ3n) is 4.67. The Morgan fingerprint density at radius 2 is 1.60 bits per heavy atom. The van der Waals surface area contributed by atoms with Gasteiger partial charge >= 0.3 is 0 Å². The van der Waals surface area contributed by atoms with Crippen molar-refractivity contribution in [3.8, 4) is 0 Å². The van der Waals surface area contributed by atoms with E-state index in [0.717, 1.165) is 11.1 Å². The van der Waals surface area contributed by atoms with E-state index in [1.54, 1.807) is 6.07 Å². The molecule has 30 heavy (non-hydrogen) atoms. The fraction of sp³-hybridized carbons (Fsp3) is 0.250. The first-order chi connectivity index (χ1) is 14.6. The Morgan fingerprint density at radius 1 is 0.933 bits per heavy atom. The van der Waals surface area contributed by atoms with Crippen LogP contribution in [0.3, 0.4) is 0 Å². The molecule has 0 fully saturated rings. The number of ether oxygens (including phenoxy) is 1. The highest BCUT2D eigenvalue weighted by Crippen LogP contribution is 2.17. The van der Waals surface area contributed by atoms with Gasteiger partial charge in [-0.05, 0) is 35.9 Å². The van der Waals surface area contributed by atoms with E-state index < -0.39 is 6.04 Å². The Bertz CT molecular complexity index is 914. The van der Waals surface area contributed by atoms with Gasteiger partial charge in [-0.15, -0.1) is 11.3 Å². The third-order valence-corrected chi connectivity index (χ3v) is 5.54. The molecule has 0 saturated heterocycles. The van der Waals surface area contributed by atoms with Crippen LogP contribution in [0.15, 0.2) is 78.2 Å². The van der Waals surface area contributed by atoms with Crippen LogP contribution in [0, 0.1) is 0 Å². The summed E-state index contributed by atoms with van der Waals surface area (Å²) in [7, 11) is 0. The van der Waals surface area contributed by atoms with E-state index in [4.69, 9.17) is 4.74 Å². The van der Waals surface area contributed by atoms with Gasteiger partial charge in [0.2, 0.25) is 5.91 Å². The SMILES string of the molecule is C[C@@H](OCCCNC(=O)[C@H](NC(=O)c1cccs1)c1ccccc1)c1ccccc1. The molecule has 0 saturated carbocycles. The molecule has 3 rings (SSSR count). The van der Waals surface area contributed by atoms with Crippen LogP contribution in [0.1, 0.15) is 46.3 Å². The standard InChI is InChI=1S/C24H26N2O3S/c1-18(19-10-4-2-5-11-19)29-16-9-15-25-24(28)22(20-12-6-3-7-13-20)26-23(27)21-14-8-17-30-21/h2-8,10-14,17-18,22H,9,15-16H2,1H3,(H,25,28)(H,26,27)/t18-,22-/m1/s1. The summed E-state index contributed by atoms with van der Waals surface area (Å²) in [6.07, 6.45) is 0.688. The normalized spacial score (nSPS) is 12.7. The van der Waals surface area contributed by atoms with Gasteiger partial charge in [-0.25, -0.2) is 0 Å². The summed E-state index contributed by atoms with van der Waals surface area (Å²) in [5, 5.41) is 7.60. The molecule has 0 aliphatic carbocycles. The smallest absolute Gasteiger partial charge is 0.262 e. The van der Waals surface area contributed by atoms with Crippen molar-refractivity contribution < 1.29 is 14.3 Å². The molecule has 3 aromatic rings. The van der Waals surface area contributed by atoms with E-state index in [-0.39, 0.29) is 17.9 Å². The van der Waals surface area contributed by atoms with Gasteiger partial charge in [0.25, 0.3) is 5.91 Å². The maximum atomic E-state index is 12.8. The molecule has 5 nitrogen and oxygen atoms in total. The molecule has 2 aromatic carbocycles. The second kappa shape index (κ2) is 11.3. The lowest BCUT2D eigenvalue weighted by Crippen LogP contribution is -2.40. The van der Waals surface area contributed by atoms with Crippen LogP contribution in [0.5, 0.6) is 0 Å². The van der Waals surface area contributed by atoms with Gasteiger partial charge in [-0.1, -0.05) is 66.7 Å². The van der Waals surface area contributed by atoms with Crippen molar-refractivity contribution in [1.29, 1.82) is 0 Å². The molecule has 0 spiro atoms. The topological polar surface area (TPSA) is 67.4 Å². The number of hydrogen-bond acceptors (Lipinski definition) is 4. The first-order valence-corrected chi connectivity index (χ1v) is 10.9. The number of benzene rings is 2. The van der Waals surface area contributed by atoms with E-state index in [2.05, 4.69) is 10.6 Å². The van der Waals surface area contributed by atoms with Gasteiger partial charge in [-0.3, -0.25) is 9.59 Å². The Morgan fingerprint density at radius 3 is 2.23 bits per heavy atom. The molecule has 6 heteroatoms. The second-order valence-electron chi connectivity index (χ2n) is 6.86. The minimum atomic E-state index is -0.745. The molecule has 0 aliphatic rings. The Balaban J connectivity index is 1.50. The number of amides is 2. The molecule has 0 aliphatic heterocycles. The fourth-order valence-electron chi connectivity index (χ4n) is 3.02. The van der Waals surface area contributed by atoms with Gasteiger partial charge in [0.05, 0.1) is 11.0 Å². The van der Waals surface area contributed by atoms with Crippen molar-refractivity contribution in [3.63, 3.8) is 0 Å². The number of carbonyl (C=O) groups excluding carboxylic acids is 2. The van der Waals surface area contributed by atoms with Crippen LogP contribution < -0.4 is 10.6 Å². The number of hydrogen-bond donors (Lipinski definition) is 2. The number of nitrogens with one attached hydrogen (secondary N) is 2. The van der Waals surface area contributed by atoms with Gasteiger partial charge in [-0.2, -0.15) is 0 Å². The van der Waals surface area contributed by atoms with Crippen molar-refractivity contribution in [1.82, 2.24) is 10.6 Å². The minimum Gasteiger partial charge on any atom is -0.374 e. The van der Waals surface area contributed by atoms with Crippen LogP contribution in [0.2, 0.25) is 0 Å². The molecule has 2 atom stereocenters. The summed E-state index contributed by atoms with van der Waals surface area (Å²) in [6.45, 7) is 3.02. The van der Waals surface area contributed by atoms with Gasteiger partial charge in [0.15, 0.2) is 0 Å². The Kier molecular flexibility index (Phi) is 8.18. The molecule has 1 heterocycles. The van der Waals surface area contributed by atoms with Crippen molar-refractivity contribution >= 4 is 23.2 Å². The lowest BCUT2D eigenvalue weighted by Gasteiger charge is -2.19. The molecular weight excluding hydrogens is 396 g/mol. The van der Waals surface area contributed by atoms with Crippen LogP contribution >= 0.6 is 11.3 Å². The zero-order valence-corrected chi connectivity index (χ0v) is 17.7. The molecule has 0 radical (unpaired) electrons. The maximum Gasteiger partial charge on any atom is 0.262 e. The molecule has 0 unspecified atom stereocenters. The van der Waals surface area contributed by atoms with Crippen molar-refractivity contribution in [2.24, 2.45) is 0 Å². The summed E-state index contributed by atoms with van der Waals surface area (Å²) < 4.78 is 5.85. The summed E-state index contributed by atoms with van der Waals surface area (Å²) in [5.74, 6) is -0.490. The molecular formula is C24H26N2O3S. The van der Waals surface area contributed by atoms with E-state index in [9.17, 15) is 9.59 Å². The number of rotatable bonds is 10. The Labute approximate surface area is 181 Å². The van der Waals surface area contributed by atoms with Crippen molar-refractivity contribution in [2.45, 2.75) is 25.5 Å². The quantitative estimate of drug-likeness (QED) is 0.473. The monoisotopic (exact) mass is 422 g/mol. The van der Waals surface area contributed by atoms with Crippen LogP contribution in [-0.2, 0) is 9.53 Å². The van der Waals surface area contributed by atoms with E-state index in [1.807, 2.05) is 79.0 Å². The van der Waals surface area contributed by atoms with E-state index in [0.29, 0.717) is 24.4 Å². The fourth-order valence-corrected chi connectivity index (χ4v) is 3.65. The average molecular weight is 423 g/mol. The molecule has 2 amide bonds. The number of thiophene rings is 1.